The van der Waals surface area contributed by atoms with Crippen molar-refractivity contribution in [3.63, 3.8) is 0 Å². The molecule has 1 aliphatic rings. The number of carbonyl (C=O) groups excluding carboxylic acids is 1. The molecular weight excluding hydrogens is 278 g/mol. The largest absolute Gasteiger partial charge is 0.444 e. The van der Waals surface area contributed by atoms with E-state index in [9.17, 15) is 4.79 Å². The lowest BCUT2D eigenvalue weighted by molar-refractivity contribution is 0.0514. The van der Waals surface area contributed by atoms with Crippen LogP contribution in [0.5, 0.6) is 0 Å². The van der Waals surface area contributed by atoms with Gasteiger partial charge >= 0.3 is 6.09 Å². The molecule has 0 radical (unpaired) electrons. The zero-order chi connectivity index (χ0) is 15.3. The fraction of sp³-hybridized carbons (Fsp3) is 0.846. The fourth-order valence-electron chi connectivity index (χ4n) is 1.55. The molecule has 0 aliphatic carbocycles. The van der Waals surface area contributed by atoms with Crippen LogP contribution in [0.2, 0.25) is 0 Å². The Morgan fingerprint density at radius 2 is 2.20 bits per heavy atom. The van der Waals surface area contributed by atoms with Gasteiger partial charge in [0.2, 0.25) is 5.90 Å². The van der Waals surface area contributed by atoms with Crippen LogP contribution in [0.25, 0.3) is 0 Å². The van der Waals surface area contributed by atoms with Crippen molar-refractivity contribution < 1.29 is 14.4 Å². The first-order chi connectivity index (χ1) is 9.23. The predicted octanol–water partition coefficient (Wildman–Crippen LogP) is 2.16. The van der Waals surface area contributed by atoms with E-state index >= 15 is 0 Å². The molecule has 0 aromatic rings. The quantitative estimate of drug-likeness (QED) is 0.814. The first-order valence-electron chi connectivity index (χ1n) is 6.71. The maximum absolute atomic E-state index is 11.8. The molecule has 0 aromatic carbocycles. The summed E-state index contributed by atoms with van der Waals surface area (Å²) < 4.78 is 5.26. The lowest BCUT2D eigenvalue weighted by Gasteiger charge is -2.22. The van der Waals surface area contributed by atoms with Crippen LogP contribution in [0.1, 0.15) is 34.6 Å². The second-order valence-corrected chi connectivity index (χ2v) is 6.94. The monoisotopic (exact) mass is 303 g/mol. The van der Waals surface area contributed by atoms with E-state index in [-0.39, 0.29) is 12.2 Å². The highest BCUT2D eigenvalue weighted by atomic mass is 32.2. The number of thioether (sulfide) groups is 1. The average molecular weight is 303 g/mol. The van der Waals surface area contributed by atoms with Crippen LogP contribution in [-0.4, -0.2) is 41.8 Å². The van der Waals surface area contributed by atoms with Crippen molar-refractivity contribution in [3.8, 4) is 0 Å². The number of nitrogens with one attached hydrogen (secondary N) is 2. The van der Waals surface area contributed by atoms with Crippen molar-refractivity contribution in [2.45, 2.75) is 52.4 Å². The zero-order valence-electron chi connectivity index (χ0n) is 13.0. The number of hydrogen-bond acceptors (Lipinski definition) is 6. The molecule has 1 unspecified atom stereocenters. The molecule has 1 aliphatic heterocycles. The molecular formula is C13H25N3O3S. The number of amides is 1. The second kappa shape index (κ2) is 7.17. The van der Waals surface area contributed by atoms with E-state index in [1.54, 1.807) is 11.8 Å². The molecule has 0 fully saturated rings. The summed E-state index contributed by atoms with van der Waals surface area (Å²) in [4.78, 5) is 21.7. The first kappa shape index (κ1) is 17.1. The average Bonchev–Trinajstić information content (AvgIpc) is 2.74. The van der Waals surface area contributed by atoms with Crippen molar-refractivity contribution >= 4 is 23.8 Å². The summed E-state index contributed by atoms with van der Waals surface area (Å²) in [5, 5.41) is 2.80. The van der Waals surface area contributed by atoms with Crippen molar-refractivity contribution in [2.75, 3.05) is 12.0 Å². The van der Waals surface area contributed by atoms with Gasteiger partial charge in [0.05, 0.1) is 0 Å². The maximum Gasteiger partial charge on any atom is 0.408 e. The van der Waals surface area contributed by atoms with Gasteiger partial charge in [-0.25, -0.2) is 9.79 Å². The maximum atomic E-state index is 11.8. The molecule has 0 aromatic heterocycles. The standard InChI is InChI=1S/C13H25N3O3S/c1-8(2)10-15-11(19-16-10)9(7-20-6)14-12(17)18-13(3,4)5/h8-10,16H,7H2,1-6H3,(H,14,17)/t9-,10?/m0/s1. The van der Waals surface area contributed by atoms with Gasteiger partial charge in [0.15, 0.2) is 0 Å². The van der Waals surface area contributed by atoms with E-state index < -0.39 is 11.7 Å². The number of aliphatic imine (C=N–C) groups is 1. The smallest absolute Gasteiger partial charge is 0.408 e. The number of nitrogens with zero attached hydrogens (tertiary/aromatic N) is 1. The van der Waals surface area contributed by atoms with E-state index in [0.29, 0.717) is 17.6 Å². The Morgan fingerprint density at radius 1 is 1.55 bits per heavy atom. The first-order valence-corrected chi connectivity index (χ1v) is 8.11. The van der Waals surface area contributed by atoms with Gasteiger partial charge in [-0.05, 0) is 32.9 Å². The molecule has 20 heavy (non-hydrogen) atoms. The summed E-state index contributed by atoms with van der Waals surface area (Å²) in [6.07, 6.45) is 1.43. The van der Waals surface area contributed by atoms with E-state index in [1.165, 1.54) is 0 Å². The highest BCUT2D eigenvalue weighted by molar-refractivity contribution is 7.98. The van der Waals surface area contributed by atoms with E-state index in [1.807, 2.05) is 27.0 Å². The van der Waals surface area contributed by atoms with Crippen LogP contribution in [-0.2, 0) is 9.57 Å². The normalized spacial score (nSPS) is 20.4. The molecule has 1 heterocycles. The number of hydrogen-bond donors (Lipinski definition) is 2. The molecule has 1 amide bonds. The third kappa shape index (κ3) is 5.58. The third-order valence-corrected chi connectivity index (χ3v) is 3.17. The SMILES string of the molecule is CSC[C@H](NC(=O)OC(C)(C)C)C1=NC(C(C)C)NO1. The van der Waals surface area contributed by atoms with Crippen LogP contribution < -0.4 is 10.8 Å². The van der Waals surface area contributed by atoms with Gasteiger partial charge in [-0.1, -0.05) is 13.8 Å². The van der Waals surface area contributed by atoms with E-state index in [2.05, 4.69) is 29.6 Å². The summed E-state index contributed by atoms with van der Waals surface area (Å²) in [6.45, 7) is 9.60. The molecule has 116 valence electrons. The second-order valence-electron chi connectivity index (χ2n) is 6.03. The molecule has 2 N–H and O–H groups in total. The van der Waals surface area contributed by atoms with Gasteiger partial charge in [-0.3, -0.25) is 0 Å². The van der Waals surface area contributed by atoms with Crippen LogP contribution in [0.15, 0.2) is 4.99 Å². The zero-order valence-corrected chi connectivity index (χ0v) is 13.8. The number of carbonyl (C=O) groups is 1. The number of hydroxylamine groups is 1. The lowest BCUT2D eigenvalue weighted by atomic mass is 10.2. The van der Waals surface area contributed by atoms with Crippen molar-refractivity contribution in [3.05, 3.63) is 0 Å². The Morgan fingerprint density at radius 3 is 2.65 bits per heavy atom. The van der Waals surface area contributed by atoms with Gasteiger partial charge < -0.3 is 14.9 Å². The minimum absolute atomic E-state index is 0.0743. The number of ether oxygens (including phenoxy) is 1. The lowest BCUT2D eigenvalue weighted by Crippen LogP contribution is -2.45. The number of rotatable bonds is 5. The molecule has 0 saturated carbocycles. The van der Waals surface area contributed by atoms with E-state index in [4.69, 9.17) is 9.57 Å². The van der Waals surface area contributed by atoms with Crippen molar-refractivity contribution in [1.29, 1.82) is 0 Å². The Hall–Kier alpha value is -0.950. The molecule has 0 saturated heterocycles. The van der Waals surface area contributed by atoms with E-state index in [0.717, 1.165) is 0 Å². The summed E-state index contributed by atoms with van der Waals surface area (Å²) in [6, 6.07) is -0.295. The Balaban J connectivity index is 2.66. The van der Waals surface area contributed by atoms with Crippen molar-refractivity contribution in [1.82, 2.24) is 10.8 Å². The van der Waals surface area contributed by atoms with Crippen LogP contribution in [0.4, 0.5) is 4.79 Å². The summed E-state index contributed by atoms with van der Waals surface area (Å²) in [5.41, 5.74) is 2.34. The summed E-state index contributed by atoms with van der Waals surface area (Å²) in [5.74, 6) is 1.50. The Bertz CT molecular complexity index is 366. The minimum atomic E-state index is -0.523. The topological polar surface area (TPSA) is 72.0 Å². The third-order valence-electron chi connectivity index (χ3n) is 2.50. The predicted molar refractivity (Wildman–Crippen MR) is 81.8 cm³/mol. The van der Waals surface area contributed by atoms with Crippen LogP contribution in [0, 0.1) is 5.92 Å². The van der Waals surface area contributed by atoms with Gasteiger partial charge in [0.1, 0.15) is 17.8 Å². The Kier molecular flexibility index (Phi) is 6.13. The fourth-order valence-corrected chi connectivity index (χ4v) is 2.11. The minimum Gasteiger partial charge on any atom is -0.444 e. The van der Waals surface area contributed by atoms with Crippen molar-refractivity contribution in [2.24, 2.45) is 10.9 Å². The Labute approximate surface area is 125 Å². The summed E-state index contributed by atoms with van der Waals surface area (Å²) in [7, 11) is 0. The highest BCUT2D eigenvalue weighted by Crippen LogP contribution is 2.13. The number of alkyl carbamates (subject to hydrolysis) is 1. The van der Waals surface area contributed by atoms with Gasteiger partial charge in [-0.2, -0.15) is 11.8 Å². The van der Waals surface area contributed by atoms with Gasteiger partial charge in [0.25, 0.3) is 0 Å². The van der Waals surface area contributed by atoms with Gasteiger partial charge in [0, 0.05) is 5.75 Å². The van der Waals surface area contributed by atoms with Crippen LogP contribution >= 0.6 is 11.8 Å². The highest BCUT2D eigenvalue weighted by Gasteiger charge is 2.29. The molecule has 0 spiro atoms. The molecule has 7 heteroatoms. The van der Waals surface area contributed by atoms with Gasteiger partial charge in [-0.15, -0.1) is 5.48 Å². The molecule has 2 atom stereocenters. The van der Waals surface area contributed by atoms with Crippen LogP contribution in [0.3, 0.4) is 0 Å². The molecule has 6 nitrogen and oxygen atoms in total. The molecule has 0 bridgehead atoms. The molecule has 1 rings (SSSR count). The summed E-state index contributed by atoms with van der Waals surface area (Å²) >= 11 is 1.61.